The maximum atomic E-state index is 13.9. The molecule has 5 rings (SSSR count). The number of benzene rings is 2. The summed E-state index contributed by atoms with van der Waals surface area (Å²) in [4.78, 5) is 40.8. The molecule has 0 unspecified atom stereocenters. The first-order valence-electron chi connectivity index (χ1n) is 13.4. The average Bonchev–Trinajstić information content (AvgIpc) is 2.96. The number of carbonyl (C=O) groups is 1. The molecule has 1 saturated heterocycles. The molecule has 2 aromatic carbocycles. The Labute approximate surface area is 232 Å². The molecule has 0 bridgehead atoms. The largest absolute Gasteiger partial charge is 0.462 e. The van der Waals surface area contributed by atoms with Crippen LogP contribution in [0.25, 0.3) is 16.7 Å². The van der Waals surface area contributed by atoms with Crippen LogP contribution in [0.15, 0.2) is 76.7 Å². The second-order valence-electron chi connectivity index (χ2n) is 9.47. The lowest BCUT2D eigenvalue weighted by atomic mass is 10.1. The topological polar surface area (TPSA) is 80.6 Å². The number of rotatable bonds is 9. The SMILES string of the molecule is CCOC(=O)c1cc(C)nc2nc(SCCCN3CCN(c4ccccc4)CC3)n(-c3ccccc3)c(=O)c12. The number of aryl methyl sites for hydroxylation is 1. The van der Waals surface area contributed by atoms with E-state index in [9.17, 15) is 9.59 Å². The predicted molar refractivity (Wildman–Crippen MR) is 156 cm³/mol. The summed E-state index contributed by atoms with van der Waals surface area (Å²) < 4.78 is 6.82. The molecule has 39 heavy (non-hydrogen) atoms. The van der Waals surface area contributed by atoms with E-state index in [4.69, 9.17) is 9.72 Å². The summed E-state index contributed by atoms with van der Waals surface area (Å²) in [5, 5.41) is 0.754. The molecule has 2 aromatic heterocycles. The van der Waals surface area contributed by atoms with Crippen molar-refractivity contribution in [1.29, 1.82) is 0 Å². The van der Waals surface area contributed by atoms with Crippen molar-refractivity contribution in [2.24, 2.45) is 0 Å². The number of aromatic nitrogens is 3. The van der Waals surface area contributed by atoms with Gasteiger partial charge in [0.25, 0.3) is 5.56 Å². The molecule has 0 radical (unpaired) electrons. The van der Waals surface area contributed by atoms with E-state index in [0.717, 1.165) is 44.9 Å². The molecule has 0 atom stereocenters. The number of hydrogen-bond acceptors (Lipinski definition) is 8. The van der Waals surface area contributed by atoms with Crippen molar-refractivity contribution in [3.05, 3.63) is 88.3 Å². The van der Waals surface area contributed by atoms with Crippen LogP contribution in [0.2, 0.25) is 0 Å². The first-order chi connectivity index (χ1) is 19.0. The Morgan fingerprint density at radius 2 is 1.62 bits per heavy atom. The monoisotopic (exact) mass is 543 g/mol. The Morgan fingerprint density at radius 3 is 2.28 bits per heavy atom. The van der Waals surface area contributed by atoms with E-state index in [-0.39, 0.29) is 28.8 Å². The molecule has 0 amide bonds. The maximum absolute atomic E-state index is 13.9. The fourth-order valence-electron chi connectivity index (χ4n) is 4.88. The van der Waals surface area contributed by atoms with Crippen LogP contribution >= 0.6 is 11.8 Å². The van der Waals surface area contributed by atoms with Crippen LogP contribution in [0.4, 0.5) is 5.69 Å². The number of piperazine rings is 1. The van der Waals surface area contributed by atoms with E-state index in [1.54, 1.807) is 36.2 Å². The summed E-state index contributed by atoms with van der Waals surface area (Å²) in [6.07, 6.45) is 0.966. The number of pyridine rings is 1. The zero-order valence-electron chi connectivity index (χ0n) is 22.4. The second-order valence-corrected chi connectivity index (χ2v) is 10.5. The van der Waals surface area contributed by atoms with Crippen molar-refractivity contribution in [2.45, 2.75) is 25.4 Å². The molecule has 3 heterocycles. The molecule has 202 valence electrons. The van der Waals surface area contributed by atoms with Crippen molar-refractivity contribution in [3.8, 4) is 5.69 Å². The number of nitrogens with zero attached hydrogens (tertiary/aromatic N) is 5. The summed E-state index contributed by atoms with van der Waals surface area (Å²) in [7, 11) is 0. The van der Waals surface area contributed by atoms with Gasteiger partial charge in [0.05, 0.1) is 23.2 Å². The van der Waals surface area contributed by atoms with E-state index in [2.05, 4.69) is 45.1 Å². The van der Waals surface area contributed by atoms with E-state index < -0.39 is 5.97 Å². The summed E-state index contributed by atoms with van der Waals surface area (Å²) in [5.74, 6) is 0.263. The first kappa shape index (κ1) is 26.9. The highest BCUT2D eigenvalue weighted by Gasteiger charge is 2.22. The van der Waals surface area contributed by atoms with Gasteiger partial charge in [-0.2, -0.15) is 0 Å². The van der Waals surface area contributed by atoms with Crippen LogP contribution in [0.5, 0.6) is 0 Å². The van der Waals surface area contributed by atoms with Crippen molar-refractivity contribution < 1.29 is 9.53 Å². The van der Waals surface area contributed by atoms with Crippen LogP contribution in [-0.4, -0.2) is 70.5 Å². The number of hydrogen-bond donors (Lipinski definition) is 0. The van der Waals surface area contributed by atoms with Gasteiger partial charge in [0, 0.05) is 43.3 Å². The van der Waals surface area contributed by atoms with E-state index >= 15 is 0 Å². The van der Waals surface area contributed by atoms with Crippen molar-refractivity contribution in [3.63, 3.8) is 0 Å². The molecule has 1 fully saturated rings. The first-order valence-corrected chi connectivity index (χ1v) is 14.4. The molecule has 0 N–H and O–H groups in total. The lowest BCUT2D eigenvalue weighted by Crippen LogP contribution is -2.46. The van der Waals surface area contributed by atoms with Crippen molar-refractivity contribution in [1.82, 2.24) is 19.4 Å². The summed E-state index contributed by atoms with van der Waals surface area (Å²) in [6.45, 7) is 8.84. The normalized spacial score (nSPS) is 14.1. The molecule has 9 heteroatoms. The number of carbonyl (C=O) groups excluding carboxylic acids is 1. The van der Waals surface area contributed by atoms with Crippen LogP contribution in [0, 0.1) is 6.92 Å². The van der Waals surface area contributed by atoms with Crippen molar-refractivity contribution >= 4 is 34.5 Å². The average molecular weight is 544 g/mol. The maximum Gasteiger partial charge on any atom is 0.339 e. The minimum atomic E-state index is -0.542. The molecule has 4 aromatic rings. The number of para-hydroxylation sites is 2. The minimum absolute atomic E-state index is 0.184. The molecule has 8 nitrogen and oxygen atoms in total. The highest BCUT2D eigenvalue weighted by Crippen LogP contribution is 2.24. The third-order valence-corrected chi connectivity index (χ3v) is 7.82. The van der Waals surface area contributed by atoms with Crippen LogP contribution in [0.3, 0.4) is 0 Å². The molecular formula is C30H33N5O3S. The van der Waals surface area contributed by atoms with Crippen LogP contribution in [0.1, 0.15) is 29.4 Å². The van der Waals surface area contributed by atoms with Gasteiger partial charge in [-0.3, -0.25) is 14.3 Å². The van der Waals surface area contributed by atoms with E-state index in [1.165, 1.54) is 5.69 Å². The molecule has 1 aliphatic rings. The Morgan fingerprint density at radius 1 is 0.949 bits per heavy atom. The van der Waals surface area contributed by atoms with E-state index in [1.807, 2.05) is 30.3 Å². The zero-order chi connectivity index (χ0) is 27.2. The van der Waals surface area contributed by atoms with Gasteiger partial charge in [-0.25, -0.2) is 14.8 Å². The van der Waals surface area contributed by atoms with Crippen LogP contribution in [-0.2, 0) is 4.74 Å². The molecule has 1 aliphatic heterocycles. The van der Waals surface area contributed by atoms with Gasteiger partial charge in [-0.1, -0.05) is 48.2 Å². The molecule has 0 saturated carbocycles. The van der Waals surface area contributed by atoms with Crippen molar-refractivity contribution in [2.75, 3.05) is 50.0 Å². The fraction of sp³-hybridized carbons (Fsp3) is 0.333. The molecular weight excluding hydrogens is 510 g/mol. The predicted octanol–water partition coefficient (Wildman–Crippen LogP) is 4.57. The summed E-state index contributed by atoms with van der Waals surface area (Å²) >= 11 is 1.55. The third kappa shape index (κ3) is 6.15. The summed E-state index contributed by atoms with van der Waals surface area (Å²) in [6, 6.07) is 21.6. The Bertz CT molecular complexity index is 1490. The quantitative estimate of drug-likeness (QED) is 0.131. The Hall–Kier alpha value is -3.69. The zero-order valence-corrected chi connectivity index (χ0v) is 23.2. The number of thioether (sulfide) groups is 1. The Kier molecular flexibility index (Phi) is 8.58. The van der Waals surface area contributed by atoms with Gasteiger partial charge in [0.1, 0.15) is 0 Å². The number of fused-ring (bicyclic) bond motifs is 1. The van der Waals surface area contributed by atoms with Gasteiger partial charge >= 0.3 is 5.97 Å². The van der Waals surface area contributed by atoms with Gasteiger partial charge in [-0.15, -0.1) is 0 Å². The number of ether oxygens (including phenoxy) is 1. The van der Waals surface area contributed by atoms with Gasteiger partial charge in [0.2, 0.25) is 0 Å². The summed E-state index contributed by atoms with van der Waals surface area (Å²) in [5.41, 5.74) is 2.75. The van der Waals surface area contributed by atoms with Gasteiger partial charge < -0.3 is 9.64 Å². The molecule has 0 aliphatic carbocycles. The van der Waals surface area contributed by atoms with Crippen LogP contribution < -0.4 is 10.5 Å². The van der Waals surface area contributed by atoms with E-state index in [0.29, 0.717) is 16.5 Å². The fourth-order valence-corrected chi connectivity index (χ4v) is 5.80. The lowest BCUT2D eigenvalue weighted by molar-refractivity contribution is 0.0528. The lowest BCUT2D eigenvalue weighted by Gasteiger charge is -2.36. The second kappa shape index (κ2) is 12.4. The number of esters is 1. The van der Waals surface area contributed by atoms with Gasteiger partial charge in [0.15, 0.2) is 10.8 Å². The highest BCUT2D eigenvalue weighted by atomic mass is 32.2. The smallest absolute Gasteiger partial charge is 0.339 e. The third-order valence-electron chi connectivity index (χ3n) is 6.79. The minimum Gasteiger partial charge on any atom is -0.462 e. The highest BCUT2D eigenvalue weighted by molar-refractivity contribution is 7.99. The Balaban J connectivity index is 1.33. The number of anilines is 1. The molecule has 0 spiro atoms. The standard InChI is InChI=1S/C30H33N5O3S/c1-3-38-29(37)25-21-22(2)31-27-26(25)28(36)35(24-13-8-5-9-14-24)30(32-27)39-20-10-15-33-16-18-34(19-17-33)23-11-6-4-7-12-23/h4-9,11-14,21H,3,10,15-20H2,1-2H3. The van der Waals surface area contributed by atoms with Gasteiger partial charge in [-0.05, 0) is 57.1 Å².